The van der Waals surface area contributed by atoms with Crippen LogP contribution >= 0.6 is 0 Å². The Morgan fingerprint density at radius 1 is 1.58 bits per heavy atom. The fraction of sp³-hybridized carbons (Fsp3) is 0.875. The Labute approximate surface area is 73.1 Å². The average Bonchev–Trinajstić information content (AvgIpc) is 2.18. The number of aldehydes is 1. The van der Waals surface area contributed by atoms with E-state index in [4.69, 9.17) is 5.73 Å². The van der Waals surface area contributed by atoms with E-state index in [1.807, 2.05) is 11.8 Å². The molecule has 0 aliphatic carbocycles. The van der Waals surface area contributed by atoms with Crippen LogP contribution in [0.1, 0.15) is 13.3 Å². The van der Waals surface area contributed by atoms with Crippen LogP contribution < -0.4 is 11.1 Å². The molecule has 0 aromatic rings. The van der Waals surface area contributed by atoms with Crippen molar-refractivity contribution >= 4 is 6.29 Å². The molecule has 70 valence electrons. The Morgan fingerprint density at radius 2 is 2.17 bits per heavy atom. The van der Waals surface area contributed by atoms with Gasteiger partial charge >= 0.3 is 0 Å². The number of nitrogens with two attached hydrogens (primary N) is 1. The first-order chi connectivity index (χ1) is 5.73. The predicted molar refractivity (Wildman–Crippen MR) is 47.7 cm³/mol. The molecule has 1 aliphatic rings. The highest BCUT2D eigenvalue weighted by molar-refractivity contribution is 5.62. The molecule has 0 aromatic heterocycles. The van der Waals surface area contributed by atoms with Crippen molar-refractivity contribution in [2.75, 3.05) is 26.2 Å². The number of nitrogens with one attached hydrogen (secondary N) is 1. The molecule has 4 nitrogen and oxygen atoms in total. The molecule has 0 radical (unpaired) electrons. The molecule has 0 aromatic carbocycles. The second-order valence-corrected chi connectivity index (χ2v) is 3.20. The van der Waals surface area contributed by atoms with Gasteiger partial charge in [-0.1, -0.05) is 6.92 Å². The van der Waals surface area contributed by atoms with Gasteiger partial charge in [-0.3, -0.25) is 9.69 Å². The summed E-state index contributed by atoms with van der Waals surface area (Å²) in [5.74, 6) is 0. The summed E-state index contributed by atoms with van der Waals surface area (Å²) in [6, 6.07) is 0. The van der Waals surface area contributed by atoms with Crippen molar-refractivity contribution in [2.24, 2.45) is 5.73 Å². The van der Waals surface area contributed by atoms with Crippen LogP contribution in [0.2, 0.25) is 0 Å². The molecule has 4 heteroatoms. The van der Waals surface area contributed by atoms with Crippen molar-refractivity contribution in [3.8, 4) is 0 Å². The zero-order valence-electron chi connectivity index (χ0n) is 7.55. The minimum Gasteiger partial charge on any atom is -0.314 e. The molecule has 0 bridgehead atoms. The monoisotopic (exact) mass is 171 g/mol. The summed E-state index contributed by atoms with van der Waals surface area (Å²) < 4.78 is 0. The second kappa shape index (κ2) is 3.98. The summed E-state index contributed by atoms with van der Waals surface area (Å²) in [7, 11) is 0. The van der Waals surface area contributed by atoms with Crippen LogP contribution in [0.15, 0.2) is 0 Å². The van der Waals surface area contributed by atoms with Crippen LogP contribution in [0.25, 0.3) is 0 Å². The van der Waals surface area contributed by atoms with Gasteiger partial charge in [0.15, 0.2) is 6.29 Å². The lowest BCUT2D eigenvalue weighted by Crippen LogP contribution is -2.62. The molecule has 1 heterocycles. The minimum atomic E-state index is -0.734. The molecule has 0 amide bonds. The van der Waals surface area contributed by atoms with Gasteiger partial charge in [0.2, 0.25) is 0 Å². The number of rotatable bonds is 3. The first-order valence-corrected chi connectivity index (χ1v) is 4.44. The van der Waals surface area contributed by atoms with E-state index in [1.165, 1.54) is 0 Å². The van der Waals surface area contributed by atoms with Crippen molar-refractivity contribution in [3.05, 3.63) is 0 Å². The molecule has 0 spiro atoms. The van der Waals surface area contributed by atoms with E-state index >= 15 is 0 Å². The number of nitrogens with zero attached hydrogens (tertiary/aromatic N) is 1. The van der Waals surface area contributed by atoms with Gasteiger partial charge in [0, 0.05) is 26.2 Å². The van der Waals surface area contributed by atoms with Gasteiger partial charge < -0.3 is 11.1 Å². The largest absolute Gasteiger partial charge is 0.314 e. The maximum Gasteiger partial charge on any atom is 0.154 e. The maximum absolute atomic E-state index is 10.8. The Balaban J connectivity index is 2.57. The number of hydrogen-bond acceptors (Lipinski definition) is 4. The first kappa shape index (κ1) is 9.64. The molecule has 1 unspecified atom stereocenters. The van der Waals surface area contributed by atoms with Crippen LogP contribution in [0.5, 0.6) is 0 Å². The highest BCUT2D eigenvalue weighted by Gasteiger charge is 2.30. The van der Waals surface area contributed by atoms with E-state index < -0.39 is 5.66 Å². The van der Waals surface area contributed by atoms with Gasteiger partial charge in [-0.15, -0.1) is 0 Å². The standard InChI is InChI=1S/C8H17N3O/c1-2-8(9,7-12)11-5-3-10-4-6-11/h7,10H,2-6,9H2,1H3. The number of piperazine rings is 1. The predicted octanol–water partition coefficient (Wildman–Crippen LogP) is -0.844. The van der Waals surface area contributed by atoms with Gasteiger partial charge in [-0.25, -0.2) is 0 Å². The third-order valence-corrected chi connectivity index (χ3v) is 2.48. The van der Waals surface area contributed by atoms with Crippen LogP contribution in [0.4, 0.5) is 0 Å². The minimum absolute atomic E-state index is 0.677. The summed E-state index contributed by atoms with van der Waals surface area (Å²) in [5, 5.41) is 3.22. The van der Waals surface area contributed by atoms with E-state index in [9.17, 15) is 4.79 Å². The third kappa shape index (κ3) is 1.83. The smallest absolute Gasteiger partial charge is 0.154 e. The molecule has 1 aliphatic heterocycles. The molecule has 1 fully saturated rings. The Morgan fingerprint density at radius 3 is 2.58 bits per heavy atom. The fourth-order valence-corrected chi connectivity index (χ4v) is 1.46. The lowest BCUT2D eigenvalue weighted by atomic mass is 10.1. The molecule has 0 saturated carbocycles. The van der Waals surface area contributed by atoms with Gasteiger partial charge in [0.05, 0.1) is 0 Å². The Hall–Kier alpha value is -0.450. The van der Waals surface area contributed by atoms with E-state index in [0.29, 0.717) is 6.42 Å². The number of hydrogen-bond donors (Lipinski definition) is 2. The van der Waals surface area contributed by atoms with E-state index in [1.54, 1.807) is 0 Å². The lowest BCUT2D eigenvalue weighted by molar-refractivity contribution is -0.119. The van der Waals surface area contributed by atoms with Crippen molar-refractivity contribution in [3.63, 3.8) is 0 Å². The van der Waals surface area contributed by atoms with Crippen molar-refractivity contribution in [1.82, 2.24) is 10.2 Å². The topological polar surface area (TPSA) is 58.4 Å². The first-order valence-electron chi connectivity index (χ1n) is 4.44. The zero-order chi connectivity index (χ0) is 9.03. The highest BCUT2D eigenvalue weighted by Crippen LogP contribution is 2.10. The molecular formula is C8H17N3O. The summed E-state index contributed by atoms with van der Waals surface area (Å²) in [5.41, 5.74) is 5.17. The maximum atomic E-state index is 10.8. The van der Waals surface area contributed by atoms with E-state index in [-0.39, 0.29) is 0 Å². The van der Waals surface area contributed by atoms with E-state index in [0.717, 1.165) is 32.5 Å². The van der Waals surface area contributed by atoms with Crippen LogP contribution in [0, 0.1) is 0 Å². The van der Waals surface area contributed by atoms with Crippen LogP contribution in [-0.2, 0) is 4.79 Å². The molecule has 1 saturated heterocycles. The molecule has 3 N–H and O–H groups in total. The van der Waals surface area contributed by atoms with Crippen molar-refractivity contribution in [2.45, 2.75) is 19.0 Å². The quantitative estimate of drug-likeness (QED) is 0.543. The third-order valence-electron chi connectivity index (χ3n) is 2.48. The summed E-state index contributed by atoms with van der Waals surface area (Å²) >= 11 is 0. The number of carbonyl (C=O) groups excluding carboxylic acids is 1. The summed E-state index contributed by atoms with van der Waals surface area (Å²) in [6.07, 6.45) is 1.54. The molecular weight excluding hydrogens is 154 g/mol. The fourth-order valence-electron chi connectivity index (χ4n) is 1.46. The summed E-state index contributed by atoms with van der Waals surface area (Å²) in [4.78, 5) is 12.8. The van der Waals surface area contributed by atoms with Gasteiger partial charge in [0.25, 0.3) is 0 Å². The number of carbonyl (C=O) groups is 1. The van der Waals surface area contributed by atoms with Crippen LogP contribution in [-0.4, -0.2) is 43.0 Å². The van der Waals surface area contributed by atoms with Crippen LogP contribution in [0.3, 0.4) is 0 Å². The normalized spacial score (nSPS) is 24.8. The SMILES string of the molecule is CCC(N)(C=O)N1CCNCC1. The Bertz CT molecular complexity index is 156. The van der Waals surface area contributed by atoms with E-state index in [2.05, 4.69) is 5.32 Å². The van der Waals surface area contributed by atoms with Gasteiger partial charge in [0.1, 0.15) is 5.66 Å². The molecule has 12 heavy (non-hydrogen) atoms. The molecule has 1 atom stereocenters. The van der Waals surface area contributed by atoms with Crippen molar-refractivity contribution < 1.29 is 4.79 Å². The summed E-state index contributed by atoms with van der Waals surface area (Å²) in [6.45, 7) is 5.52. The molecule has 1 rings (SSSR count). The van der Waals surface area contributed by atoms with Crippen molar-refractivity contribution in [1.29, 1.82) is 0 Å². The second-order valence-electron chi connectivity index (χ2n) is 3.20. The van der Waals surface area contributed by atoms with Gasteiger partial charge in [-0.05, 0) is 6.42 Å². The lowest BCUT2D eigenvalue weighted by Gasteiger charge is -2.38. The zero-order valence-corrected chi connectivity index (χ0v) is 7.55. The Kier molecular flexibility index (Phi) is 3.20. The highest BCUT2D eigenvalue weighted by atomic mass is 16.1. The van der Waals surface area contributed by atoms with Gasteiger partial charge in [-0.2, -0.15) is 0 Å². The average molecular weight is 171 g/mol.